The molecule has 1 aromatic rings. The van der Waals surface area contributed by atoms with Gasteiger partial charge >= 0.3 is 0 Å². The lowest BCUT2D eigenvalue weighted by Crippen LogP contribution is -2.36. The second-order valence-electron chi connectivity index (χ2n) is 4.08. The summed E-state index contributed by atoms with van der Waals surface area (Å²) in [6.07, 6.45) is 3.74. The topological polar surface area (TPSA) is 34.1 Å². The number of nitrogens with zero attached hydrogens (tertiary/aromatic N) is 1. The molecular formula is C11H18N2OS. The van der Waals surface area contributed by atoms with Crippen LogP contribution in [0.1, 0.15) is 18.5 Å². The summed E-state index contributed by atoms with van der Waals surface area (Å²) in [6, 6.07) is 0.550. The molecule has 0 bridgehead atoms. The Morgan fingerprint density at radius 1 is 1.67 bits per heavy atom. The van der Waals surface area contributed by atoms with Crippen molar-refractivity contribution in [3.05, 3.63) is 16.6 Å². The molecule has 1 aliphatic rings. The zero-order chi connectivity index (χ0) is 10.5. The minimum absolute atomic E-state index is 0.550. The fourth-order valence-electron chi connectivity index (χ4n) is 1.79. The Balaban J connectivity index is 1.66. The summed E-state index contributed by atoms with van der Waals surface area (Å²) in [5.41, 5.74) is 3.09. The first-order chi connectivity index (χ1) is 7.40. The first-order valence-corrected chi connectivity index (χ1v) is 6.44. The monoisotopic (exact) mass is 226 g/mol. The van der Waals surface area contributed by atoms with E-state index < -0.39 is 0 Å². The van der Waals surface area contributed by atoms with E-state index in [-0.39, 0.29) is 0 Å². The number of aromatic nitrogens is 1. The fraction of sp³-hybridized carbons (Fsp3) is 0.727. The highest BCUT2D eigenvalue weighted by Crippen LogP contribution is 2.32. The average molecular weight is 226 g/mol. The summed E-state index contributed by atoms with van der Waals surface area (Å²) in [7, 11) is 1.78. The van der Waals surface area contributed by atoms with E-state index in [4.69, 9.17) is 4.74 Å². The third kappa shape index (κ3) is 3.55. The Hall–Kier alpha value is -0.450. The third-order valence-electron chi connectivity index (χ3n) is 2.81. The summed E-state index contributed by atoms with van der Waals surface area (Å²) in [4.78, 5) is 4.27. The van der Waals surface area contributed by atoms with Gasteiger partial charge in [-0.3, -0.25) is 0 Å². The molecule has 1 aliphatic carbocycles. The quantitative estimate of drug-likeness (QED) is 0.768. The Morgan fingerprint density at radius 3 is 3.13 bits per heavy atom. The molecule has 1 heterocycles. The van der Waals surface area contributed by atoms with Crippen molar-refractivity contribution in [3.8, 4) is 0 Å². The van der Waals surface area contributed by atoms with E-state index in [0.29, 0.717) is 6.04 Å². The van der Waals surface area contributed by atoms with Crippen molar-refractivity contribution in [2.24, 2.45) is 5.92 Å². The molecule has 0 radical (unpaired) electrons. The van der Waals surface area contributed by atoms with Gasteiger partial charge in [0.2, 0.25) is 0 Å². The number of hydrogen-bond donors (Lipinski definition) is 1. The van der Waals surface area contributed by atoms with Crippen molar-refractivity contribution in [3.63, 3.8) is 0 Å². The van der Waals surface area contributed by atoms with Gasteiger partial charge in [0.05, 0.1) is 17.8 Å². The van der Waals surface area contributed by atoms with E-state index in [9.17, 15) is 0 Å². The van der Waals surface area contributed by atoms with Gasteiger partial charge in [0.1, 0.15) is 0 Å². The van der Waals surface area contributed by atoms with Gasteiger partial charge in [-0.15, -0.1) is 11.3 Å². The molecule has 0 amide bonds. The van der Waals surface area contributed by atoms with Crippen LogP contribution in [0.2, 0.25) is 0 Å². The summed E-state index contributed by atoms with van der Waals surface area (Å²) in [6.45, 7) is 1.84. The van der Waals surface area contributed by atoms with Crippen LogP contribution in [0, 0.1) is 5.92 Å². The molecule has 1 saturated carbocycles. The number of nitrogens with one attached hydrogen (secondary N) is 1. The molecule has 0 aromatic carbocycles. The summed E-state index contributed by atoms with van der Waals surface area (Å²) >= 11 is 1.66. The van der Waals surface area contributed by atoms with E-state index in [2.05, 4.69) is 15.7 Å². The molecular weight excluding hydrogens is 208 g/mol. The average Bonchev–Trinajstić information content (AvgIpc) is 2.96. The van der Waals surface area contributed by atoms with Crippen molar-refractivity contribution in [1.82, 2.24) is 10.3 Å². The van der Waals surface area contributed by atoms with Gasteiger partial charge in [0.25, 0.3) is 0 Å². The number of ether oxygens (including phenoxy) is 1. The van der Waals surface area contributed by atoms with Gasteiger partial charge in [-0.2, -0.15) is 0 Å². The van der Waals surface area contributed by atoms with Crippen LogP contribution in [0.25, 0.3) is 0 Å². The van der Waals surface area contributed by atoms with E-state index in [0.717, 1.165) is 25.5 Å². The number of methoxy groups -OCH3 is 1. The van der Waals surface area contributed by atoms with Gasteiger partial charge in [-0.1, -0.05) is 0 Å². The van der Waals surface area contributed by atoms with Crippen LogP contribution in [0.15, 0.2) is 10.9 Å². The molecule has 1 fully saturated rings. The minimum Gasteiger partial charge on any atom is -0.383 e. The molecule has 0 aliphatic heterocycles. The lowest BCUT2D eigenvalue weighted by Gasteiger charge is -2.16. The molecule has 4 heteroatoms. The molecule has 1 aromatic heterocycles. The maximum absolute atomic E-state index is 5.22. The zero-order valence-corrected chi connectivity index (χ0v) is 9.93. The van der Waals surface area contributed by atoms with E-state index in [1.807, 2.05) is 5.51 Å². The van der Waals surface area contributed by atoms with E-state index >= 15 is 0 Å². The lowest BCUT2D eigenvalue weighted by molar-refractivity contribution is 0.158. The maximum atomic E-state index is 5.22. The largest absolute Gasteiger partial charge is 0.383 e. The van der Waals surface area contributed by atoms with Crippen molar-refractivity contribution < 1.29 is 4.74 Å². The third-order valence-corrected chi connectivity index (χ3v) is 3.44. The summed E-state index contributed by atoms with van der Waals surface area (Å²) in [5, 5.41) is 5.68. The van der Waals surface area contributed by atoms with Crippen molar-refractivity contribution in [2.45, 2.75) is 25.3 Å². The standard InChI is InChI=1S/C11H18N2OS/c1-14-6-11(9-2-3-9)12-5-4-10-7-15-8-13-10/h7-9,11-12H,2-6H2,1H3. The summed E-state index contributed by atoms with van der Waals surface area (Å²) < 4.78 is 5.22. The highest BCUT2D eigenvalue weighted by molar-refractivity contribution is 7.07. The number of thiazole rings is 1. The predicted octanol–water partition coefficient (Wildman–Crippen LogP) is 1.70. The highest BCUT2D eigenvalue weighted by Gasteiger charge is 2.30. The number of rotatable bonds is 7. The zero-order valence-electron chi connectivity index (χ0n) is 9.11. The first-order valence-electron chi connectivity index (χ1n) is 5.49. The molecule has 0 saturated heterocycles. The minimum atomic E-state index is 0.550. The molecule has 2 rings (SSSR count). The molecule has 1 unspecified atom stereocenters. The molecule has 15 heavy (non-hydrogen) atoms. The van der Waals surface area contributed by atoms with Gasteiger partial charge < -0.3 is 10.1 Å². The van der Waals surface area contributed by atoms with Gasteiger partial charge in [-0.05, 0) is 18.8 Å². The Kier molecular flexibility index (Phi) is 4.11. The molecule has 84 valence electrons. The second-order valence-corrected chi connectivity index (χ2v) is 4.80. The SMILES string of the molecule is COCC(NCCc1cscn1)C1CC1. The Bertz CT molecular complexity index is 272. The van der Waals surface area contributed by atoms with Crippen LogP contribution in [-0.4, -0.2) is 31.3 Å². The molecule has 1 atom stereocenters. The fourth-order valence-corrected chi connectivity index (χ4v) is 2.38. The van der Waals surface area contributed by atoms with Gasteiger partial charge in [-0.25, -0.2) is 4.98 Å². The van der Waals surface area contributed by atoms with Crippen LogP contribution >= 0.6 is 11.3 Å². The van der Waals surface area contributed by atoms with Crippen LogP contribution in [-0.2, 0) is 11.2 Å². The lowest BCUT2D eigenvalue weighted by atomic mass is 10.2. The van der Waals surface area contributed by atoms with Crippen molar-refractivity contribution >= 4 is 11.3 Å². The van der Waals surface area contributed by atoms with E-state index in [1.165, 1.54) is 18.5 Å². The van der Waals surface area contributed by atoms with Crippen molar-refractivity contribution in [1.29, 1.82) is 0 Å². The Labute approximate surface area is 94.9 Å². The maximum Gasteiger partial charge on any atom is 0.0794 e. The predicted molar refractivity (Wildman–Crippen MR) is 62.2 cm³/mol. The molecule has 0 spiro atoms. The van der Waals surface area contributed by atoms with Gasteiger partial charge in [0, 0.05) is 31.5 Å². The smallest absolute Gasteiger partial charge is 0.0794 e. The normalized spacial score (nSPS) is 17.9. The summed E-state index contributed by atoms with van der Waals surface area (Å²) in [5.74, 6) is 0.848. The van der Waals surface area contributed by atoms with Crippen LogP contribution in [0.5, 0.6) is 0 Å². The molecule has 1 N–H and O–H groups in total. The number of hydrogen-bond acceptors (Lipinski definition) is 4. The van der Waals surface area contributed by atoms with Crippen LogP contribution < -0.4 is 5.32 Å². The Morgan fingerprint density at radius 2 is 2.53 bits per heavy atom. The van der Waals surface area contributed by atoms with Crippen molar-refractivity contribution in [2.75, 3.05) is 20.3 Å². The van der Waals surface area contributed by atoms with Crippen LogP contribution in [0.4, 0.5) is 0 Å². The van der Waals surface area contributed by atoms with Gasteiger partial charge in [0.15, 0.2) is 0 Å². The van der Waals surface area contributed by atoms with Crippen LogP contribution in [0.3, 0.4) is 0 Å². The van der Waals surface area contributed by atoms with E-state index in [1.54, 1.807) is 18.4 Å². The first kappa shape index (κ1) is 11.0. The highest BCUT2D eigenvalue weighted by atomic mass is 32.1. The second kappa shape index (κ2) is 5.58. The molecule has 3 nitrogen and oxygen atoms in total.